The lowest BCUT2D eigenvalue weighted by Gasteiger charge is -2.32. The maximum Gasteiger partial charge on any atom is 0.573 e. The maximum atomic E-state index is 12.9. The summed E-state index contributed by atoms with van der Waals surface area (Å²) in [6.45, 7) is 0.810. The summed E-state index contributed by atoms with van der Waals surface area (Å²) in [7, 11) is -3.87. The third kappa shape index (κ3) is 5.70. The van der Waals surface area contributed by atoms with Gasteiger partial charge in [0.05, 0.1) is 10.5 Å². The van der Waals surface area contributed by atoms with Crippen molar-refractivity contribution in [3.63, 3.8) is 0 Å². The van der Waals surface area contributed by atoms with Crippen molar-refractivity contribution in [3.05, 3.63) is 54.4 Å². The minimum atomic E-state index is -4.85. The second-order valence-electron chi connectivity index (χ2n) is 6.84. The Morgan fingerprint density at radius 2 is 1.97 bits per heavy atom. The number of nitrogens with one attached hydrogen (secondary N) is 1. The minimum absolute atomic E-state index is 0.0815. The summed E-state index contributed by atoms with van der Waals surface area (Å²) < 4.78 is 67.6. The fraction of sp³-hybridized carbons (Fsp3) is 0.368. The number of rotatable bonds is 6. The van der Waals surface area contributed by atoms with Crippen molar-refractivity contribution in [1.29, 1.82) is 0 Å². The van der Waals surface area contributed by atoms with Crippen LogP contribution in [0.1, 0.15) is 23.2 Å². The molecule has 1 N–H and O–H groups in total. The van der Waals surface area contributed by atoms with Crippen molar-refractivity contribution >= 4 is 15.9 Å². The van der Waals surface area contributed by atoms with Crippen LogP contribution < -0.4 is 10.1 Å². The molecule has 1 aliphatic heterocycles. The first-order valence-electron chi connectivity index (χ1n) is 9.19. The third-order valence-corrected chi connectivity index (χ3v) is 6.53. The van der Waals surface area contributed by atoms with Crippen LogP contribution in [0.3, 0.4) is 0 Å². The Hall–Kier alpha value is -2.66. The number of sulfonamides is 1. The van der Waals surface area contributed by atoms with Gasteiger partial charge in [0.15, 0.2) is 0 Å². The molecule has 2 aromatic rings. The predicted octanol–water partition coefficient (Wildman–Crippen LogP) is 2.81. The van der Waals surface area contributed by atoms with Crippen LogP contribution in [0.15, 0.2) is 53.7 Å². The molecule has 1 unspecified atom stereocenters. The van der Waals surface area contributed by atoms with Crippen LogP contribution in [0.5, 0.6) is 5.75 Å². The molecule has 2 heterocycles. The van der Waals surface area contributed by atoms with Gasteiger partial charge < -0.3 is 10.1 Å². The summed E-state index contributed by atoms with van der Waals surface area (Å²) in [5.41, 5.74) is 0.416. The Bertz CT molecular complexity index is 967. The number of amides is 1. The lowest BCUT2D eigenvalue weighted by molar-refractivity contribution is -0.274. The first-order chi connectivity index (χ1) is 14.1. The highest BCUT2D eigenvalue weighted by atomic mass is 32.2. The Morgan fingerprint density at radius 3 is 2.60 bits per heavy atom. The molecule has 11 heteroatoms. The molecule has 30 heavy (non-hydrogen) atoms. The van der Waals surface area contributed by atoms with E-state index < -0.39 is 22.1 Å². The van der Waals surface area contributed by atoms with Crippen LogP contribution in [0.2, 0.25) is 0 Å². The van der Waals surface area contributed by atoms with Crippen LogP contribution in [0, 0.1) is 5.92 Å². The minimum Gasteiger partial charge on any atom is -0.406 e. The number of hydrogen-bond acceptors (Lipinski definition) is 5. The molecular weight excluding hydrogens is 423 g/mol. The number of pyridine rings is 1. The van der Waals surface area contributed by atoms with Gasteiger partial charge in [-0.3, -0.25) is 9.78 Å². The van der Waals surface area contributed by atoms with Gasteiger partial charge in [0.25, 0.3) is 5.91 Å². The fourth-order valence-electron chi connectivity index (χ4n) is 3.21. The van der Waals surface area contributed by atoms with E-state index in [4.69, 9.17) is 0 Å². The molecule has 0 bridgehead atoms. The molecule has 3 rings (SSSR count). The van der Waals surface area contributed by atoms with Crippen LogP contribution >= 0.6 is 0 Å². The van der Waals surface area contributed by atoms with Crippen LogP contribution in [-0.4, -0.2) is 49.6 Å². The zero-order valence-electron chi connectivity index (χ0n) is 15.8. The number of benzene rings is 1. The second kappa shape index (κ2) is 9.00. The number of hydrogen-bond donors (Lipinski definition) is 1. The highest BCUT2D eigenvalue weighted by Gasteiger charge is 2.32. The Morgan fingerprint density at radius 1 is 1.23 bits per heavy atom. The monoisotopic (exact) mass is 443 g/mol. The largest absolute Gasteiger partial charge is 0.573 e. The molecule has 1 aromatic heterocycles. The molecule has 162 valence electrons. The van der Waals surface area contributed by atoms with Gasteiger partial charge in [-0.1, -0.05) is 0 Å². The number of ether oxygens (including phenoxy) is 1. The zero-order valence-corrected chi connectivity index (χ0v) is 16.6. The Labute approximate surface area is 171 Å². The van der Waals surface area contributed by atoms with Crippen molar-refractivity contribution in [2.75, 3.05) is 19.6 Å². The smallest absolute Gasteiger partial charge is 0.406 e. The maximum absolute atomic E-state index is 12.9. The number of nitrogens with zero attached hydrogens (tertiary/aromatic N) is 2. The van der Waals surface area contributed by atoms with Crippen LogP contribution in [0.25, 0.3) is 0 Å². The summed E-state index contributed by atoms with van der Waals surface area (Å²) in [5.74, 6) is -0.860. The van der Waals surface area contributed by atoms with Crippen molar-refractivity contribution in [1.82, 2.24) is 14.6 Å². The zero-order chi connectivity index (χ0) is 21.8. The van der Waals surface area contributed by atoms with Gasteiger partial charge in [-0.15, -0.1) is 13.2 Å². The first-order valence-corrected chi connectivity index (χ1v) is 10.6. The SMILES string of the molecule is O=C(NCC1CCCN(S(=O)(=O)c2ccc(OC(F)(F)F)cc2)C1)c1cccnc1. The van der Waals surface area contributed by atoms with Gasteiger partial charge in [-0.05, 0) is 55.2 Å². The molecule has 1 fully saturated rings. The van der Waals surface area contributed by atoms with Gasteiger partial charge in [-0.2, -0.15) is 4.31 Å². The summed E-state index contributed by atoms with van der Waals surface area (Å²) in [6.07, 6.45) is -0.484. The number of carbonyl (C=O) groups excluding carboxylic acids is 1. The summed E-state index contributed by atoms with van der Waals surface area (Å²) >= 11 is 0. The molecule has 0 radical (unpaired) electrons. The van der Waals surface area contributed by atoms with E-state index in [1.807, 2.05) is 0 Å². The summed E-state index contributed by atoms with van der Waals surface area (Å²) in [4.78, 5) is 15.9. The van der Waals surface area contributed by atoms with Crippen molar-refractivity contribution < 1.29 is 31.1 Å². The number of piperidine rings is 1. The van der Waals surface area contributed by atoms with E-state index in [1.54, 1.807) is 18.3 Å². The van der Waals surface area contributed by atoms with Gasteiger partial charge in [0.1, 0.15) is 5.75 Å². The van der Waals surface area contributed by atoms with E-state index in [9.17, 15) is 26.4 Å². The molecule has 7 nitrogen and oxygen atoms in total. The van der Waals surface area contributed by atoms with E-state index in [1.165, 1.54) is 10.5 Å². The number of alkyl halides is 3. The molecule has 1 aliphatic rings. The molecule has 1 aromatic carbocycles. The van der Waals surface area contributed by atoms with E-state index in [2.05, 4.69) is 15.0 Å². The molecule has 1 atom stereocenters. The van der Waals surface area contributed by atoms with Gasteiger partial charge >= 0.3 is 6.36 Å². The molecule has 0 spiro atoms. The lowest BCUT2D eigenvalue weighted by Crippen LogP contribution is -2.43. The Balaban J connectivity index is 1.61. The molecule has 1 amide bonds. The van der Waals surface area contributed by atoms with Gasteiger partial charge in [-0.25, -0.2) is 8.42 Å². The fourth-order valence-corrected chi connectivity index (χ4v) is 4.77. The molecular formula is C19H20F3N3O4S. The van der Waals surface area contributed by atoms with E-state index in [-0.39, 0.29) is 23.3 Å². The normalized spacial score (nSPS) is 18.0. The predicted molar refractivity (Wildman–Crippen MR) is 101 cm³/mol. The van der Waals surface area contributed by atoms with Gasteiger partial charge in [0, 0.05) is 32.0 Å². The van der Waals surface area contributed by atoms with Crippen molar-refractivity contribution in [3.8, 4) is 5.75 Å². The molecule has 0 saturated carbocycles. The van der Waals surface area contributed by atoms with Crippen molar-refractivity contribution in [2.45, 2.75) is 24.1 Å². The highest BCUT2D eigenvalue weighted by molar-refractivity contribution is 7.89. The van der Waals surface area contributed by atoms with Crippen LogP contribution in [0.4, 0.5) is 13.2 Å². The van der Waals surface area contributed by atoms with Crippen molar-refractivity contribution in [2.24, 2.45) is 5.92 Å². The van der Waals surface area contributed by atoms with E-state index in [0.717, 1.165) is 30.7 Å². The van der Waals surface area contributed by atoms with E-state index in [0.29, 0.717) is 25.1 Å². The number of aromatic nitrogens is 1. The highest BCUT2D eigenvalue weighted by Crippen LogP contribution is 2.27. The average molecular weight is 443 g/mol. The summed E-state index contributed by atoms with van der Waals surface area (Å²) in [6, 6.07) is 7.39. The topological polar surface area (TPSA) is 88.6 Å². The Kier molecular flexibility index (Phi) is 6.61. The lowest BCUT2D eigenvalue weighted by atomic mass is 9.99. The number of halogens is 3. The quantitative estimate of drug-likeness (QED) is 0.742. The van der Waals surface area contributed by atoms with Crippen LogP contribution in [-0.2, 0) is 10.0 Å². The third-order valence-electron chi connectivity index (χ3n) is 4.65. The number of carbonyl (C=O) groups is 1. The standard InChI is InChI=1S/C19H20F3N3O4S/c20-19(21,22)29-16-5-7-17(8-6-16)30(27,28)25-10-2-3-14(13-25)11-24-18(26)15-4-1-9-23-12-15/h1,4-9,12,14H,2-3,10-11,13H2,(H,24,26). The molecule has 1 saturated heterocycles. The first kappa shape index (κ1) is 22.0. The second-order valence-corrected chi connectivity index (χ2v) is 8.78. The summed E-state index contributed by atoms with van der Waals surface area (Å²) in [5, 5.41) is 2.79. The van der Waals surface area contributed by atoms with E-state index >= 15 is 0 Å². The van der Waals surface area contributed by atoms with Gasteiger partial charge in [0.2, 0.25) is 10.0 Å². The average Bonchev–Trinajstić information content (AvgIpc) is 2.72. The molecule has 0 aliphatic carbocycles.